The molecule has 0 N–H and O–H groups in total. The molecule has 0 aliphatic rings. The van der Waals surface area contributed by atoms with E-state index in [1.807, 2.05) is 0 Å². The van der Waals surface area contributed by atoms with Crippen LogP contribution < -0.4 is 0 Å². The number of hydrogen-bond donors (Lipinski definition) is 0. The first kappa shape index (κ1) is 57.8. The number of carbonyl (C=O) groups is 6. The number of esters is 3. The van der Waals surface area contributed by atoms with Gasteiger partial charge in [-0.05, 0) is 0 Å². The molecule has 61 heavy (non-hydrogen) atoms. The molecule has 13 heteroatoms. The van der Waals surface area contributed by atoms with Gasteiger partial charge in [-0.15, -0.1) is 0 Å². The van der Waals surface area contributed by atoms with E-state index in [0.717, 1.165) is 120 Å². The van der Waals surface area contributed by atoms with Gasteiger partial charge >= 0.3 is 334 Å². The molecule has 350 valence electrons. The molecule has 0 amide bonds. The number of carbonyl (C=O) groups excluding carboxylic acids is 6. The Kier molecular flexibility index (Phi) is 36.5. The Morgan fingerprint density at radius 2 is 0.623 bits per heavy atom. The van der Waals surface area contributed by atoms with Crippen molar-refractivity contribution in [3.05, 3.63) is 36.5 Å². The minimum atomic E-state index is -5.61. The molecule has 0 saturated carbocycles. The Morgan fingerprint density at radius 1 is 0.361 bits per heavy atom. The standard InChI is InChI=1S/3C12H20O4.C12H25.Sn/c3*1-10(2)6-4-3-5-9-16-12(15)8-7-11(13)14;1-3-5-7-9-11-12-10-8-6-4-2;/h3*7-8,10H,3-6,9H2,1-2H3,(H,13,14);1,3-12H2,2H3;/q;;;;+3/p-3. The van der Waals surface area contributed by atoms with Crippen LogP contribution in [0.1, 0.15) is 190 Å². The van der Waals surface area contributed by atoms with E-state index < -0.39 is 55.4 Å². The van der Waals surface area contributed by atoms with Gasteiger partial charge in [-0.1, -0.05) is 41.5 Å². The van der Waals surface area contributed by atoms with Crippen molar-refractivity contribution < 1.29 is 52.2 Å². The predicted molar refractivity (Wildman–Crippen MR) is 241 cm³/mol. The van der Waals surface area contributed by atoms with Crippen molar-refractivity contribution in [3.8, 4) is 0 Å². The average molecular weight is 970 g/mol. The second-order valence-electron chi connectivity index (χ2n) is 17.1. The van der Waals surface area contributed by atoms with Gasteiger partial charge in [0.25, 0.3) is 0 Å². The van der Waals surface area contributed by atoms with Crippen molar-refractivity contribution in [2.45, 2.75) is 194 Å². The molecule has 0 saturated heterocycles. The van der Waals surface area contributed by atoms with Gasteiger partial charge in [0.15, 0.2) is 0 Å². The molecule has 0 atom stereocenters. The van der Waals surface area contributed by atoms with E-state index in [0.29, 0.717) is 49.9 Å². The number of ether oxygens (including phenoxy) is 3. The Morgan fingerprint density at radius 3 is 0.918 bits per heavy atom. The zero-order chi connectivity index (χ0) is 45.6. The second-order valence-corrected chi connectivity index (χ2v) is 24.2. The van der Waals surface area contributed by atoms with Crippen molar-refractivity contribution in [2.24, 2.45) is 17.8 Å². The van der Waals surface area contributed by atoms with Crippen LogP contribution >= 0.6 is 0 Å². The van der Waals surface area contributed by atoms with E-state index in [4.69, 9.17) is 23.4 Å². The van der Waals surface area contributed by atoms with Crippen LogP contribution in [0.3, 0.4) is 0 Å². The normalized spacial score (nSPS) is 12.7. The third kappa shape index (κ3) is 38.3. The van der Waals surface area contributed by atoms with Crippen molar-refractivity contribution in [1.82, 2.24) is 0 Å². The topological polar surface area (TPSA) is 158 Å². The fraction of sp³-hybridized carbons (Fsp3) is 0.750. The summed E-state index contributed by atoms with van der Waals surface area (Å²) in [5, 5.41) is 0. The van der Waals surface area contributed by atoms with Crippen LogP contribution in [0.25, 0.3) is 0 Å². The number of rotatable bonds is 38. The van der Waals surface area contributed by atoms with Crippen LogP contribution in [0, 0.1) is 17.8 Å². The molecule has 0 aromatic rings. The van der Waals surface area contributed by atoms with Crippen molar-refractivity contribution in [2.75, 3.05) is 19.8 Å². The molecular formula is C48H82O12Sn. The Hall–Kier alpha value is -3.16. The summed E-state index contributed by atoms with van der Waals surface area (Å²) >= 11 is -5.61. The van der Waals surface area contributed by atoms with Gasteiger partial charge < -0.3 is 0 Å². The van der Waals surface area contributed by atoms with Gasteiger partial charge in [-0.25, -0.2) is 0 Å². The Bertz CT molecular complexity index is 1170. The zero-order valence-electron chi connectivity index (χ0n) is 39.0. The third-order valence-electron chi connectivity index (χ3n) is 9.68. The molecule has 0 radical (unpaired) electrons. The summed E-state index contributed by atoms with van der Waals surface area (Å²) < 4.78 is 32.8. The van der Waals surface area contributed by atoms with Gasteiger partial charge in [0, 0.05) is 0 Å². The first-order valence-corrected chi connectivity index (χ1v) is 28.9. The van der Waals surface area contributed by atoms with E-state index in [9.17, 15) is 28.8 Å². The van der Waals surface area contributed by atoms with Crippen LogP contribution in [-0.2, 0) is 52.2 Å². The van der Waals surface area contributed by atoms with Crippen LogP contribution in [0.15, 0.2) is 36.5 Å². The summed E-state index contributed by atoms with van der Waals surface area (Å²) in [4.78, 5) is 77.0. The molecular weight excluding hydrogens is 887 g/mol. The average Bonchev–Trinajstić information content (AvgIpc) is 3.19. The van der Waals surface area contributed by atoms with Gasteiger partial charge in [-0.2, -0.15) is 0 Å². The summed E-state index contributed by atoms with van der Waals surface area (Å²) in [6.45, 7) is 15.6. The van der Waals surface area contributed by atoms with Gasteiger partial charge in [0.1, 0.15) is 0 Å². The monoisotopic (exact) mass is 970 g/mol. The van der Waals surface area contributed by atoms with Crippen LogP contribution in [0.5, 0.6) is 0 Å². The molecule has 0 heterocycles. The maximum atomic E-state index is 13.2. The zero-order valence-corrected chi connectivity index (χ0v) is 41.8. The van der Waals surface area contributed by atoms with E-state index >= 15 is 0 Å². The SMILES string of the molecule is CCCCCCCCCCC[CH2][Sn]([O]C(=O)C=CC(=O)OCCCCCC(C)C)([O]C(=O)C=CC(=O)OCCCCCC(C)C)[O]C(=O)C=CC(=O)OCCCCCC(C)C. The molecule has 0 unspecified atom stereocenters. The van der Waals surface area contributed by atoms with Gasteiger partial charge in [0.05, 0.1) is 0 Å². The van der Waals surface area contributed by atoms with Crippen molar-refractivity contribution >= 4 is 55.4 Å². The predicted octanol–water partition coefficient (Wildman–Crippen LogP) is 11.4. The minimum Gasteiger partial charge on any atom is -0.0628 e. The Labute approximate surface area is 374 Å². The van der Waals surface area contributed by atoms with E-state index in [1.165, 1.54) is 25.7 Å². The van der Waals surface area contributed by atoms with Crippen molar-refractivity contribution in [3.63, 3.8) is 0 Å². The molecule has 0 rings (SSSR count). The van der Waals surface area contributed by atoms with E-state index in [2.05, 4.69) is 48.5 Å². The fourth-order valence-electron chi connectivity index (χ4n) is 6.17. The molecule has 0 spiro atoms. The maximum absolute atomic E-state index is 13.2. The van der Waals surface area contributed by atoms with Gasteiger partial charge in [0.2, 0.25) is 0 Å². The molecule has 0 aromatic heterocycles. The van der Waals surface area contributed by atoms with Crippen LogP contribution in [0.2, 0.25) is 4.44 Å². The third-order valence-corrected chi connectivity index (χ3v) is 16.8. The van der Waals surface area contributed by atoms with Crippen molar-refractivity contribution in [1.29, 1.82) is 0 Å². The molecule has 0 aliphatic carbocycles. The van der Waals surface area contributed by atoms with E-state index in [1.54, 1.807) is 0 Å². The first-order chi connectivity index (χ1) is 29.2. The molecule has 0 aromatic carbocycles. The number of hydrogen-bond acceptors (Lipinski definition) is 12. The molecule has 0 fully saturated rings. The fourth-order valence-corrected chi connectivity index (χ4v) is 12.6. The van der Waals surface area contributed by atoms with E-state index in [-0.39, 0.29) is 24.3 Å². The summed E-state index contributed by atoms with van der Waals surface area (Å²) in [7, 11) is 0. The van der Waals surface area contributed by atoms with Crippen LogP contribution in [-0.4, -0.2) is 75.3 Å². The molecule has 0 bridgehead atoms. The van der Waals surface area contributed by atoms with Gasteiger partial charge in [-0.3, -0.25) is 0 Å². The molecule has 12 nitrogen and oxygen atoms in total. The Balaban J connectivity index is 5.99. The van der Waals surface area contributed by atoms with Crippen LogP contribution in [0.4, 0.5) is 0 Å². The smallest absolute Gasteiger partial charge is 0.0628 e. The minimum absolute atomic E-state index is 0.0631. The summed E-state index contributed by atoms with van der Waals surface area (Å²) in [5.74, 6) is -3.70. The molecule has 0 aliphatic heterocycles. The second kappa shape index (κ2) is 38.5. The quantitative estimate of drug-likeness (QED) is 0.0190. The summed E-state index contributed by atoms with van der Waals surface area (Å²) in [6, 6.07) is 0. The summed E-state index contributed by atoms with van der Waals surface area (Å²) in [5.41, 5.74) is 0. The summed E-state index contributed by atoms with van der Waals surface area (Å²) in [6.07, 6.45) is 26.3. The number of unbranched alkanes of at least 4 members (excludes halogenated alkanes) is 15. The first-order valence-electron chi connectivity index (χ1n) is 23.4.